The van der Waals surface area contributed by atoms with Gasteiger partial charge in [0.05, 0.1) is 15.2 Å². The number of hydrogen-bond acceptors (Lipinski definition) is 4. The third kappa shape index (κ3) is 3.23. The molecule has 1 aliphatic rings. The number of rotatable bonds is 2. The maximum Gasteiger partial charge on any atom is 0.335 e. The lowest BCUT2D eigenvalue weighted by atomic mass is 10.1. The number of para-hydroxylation sites is 1. The highest BCUT2D eigenvalue weighted by Crippen LogP contribution is 2.34. The van der Waals surface area contributed by atoms with Crippen molar-refractivity contribution in [1.29, 1.82) is 0 Å². The monoisotopic (exact) mass is 434 g/mol. The average molecular weight is 436 g/mol. The van der Waals surface area contributed by atoms with Crippen molar-refractivity contribution < 1.29 is 19.5 Å². The molecule has 1 saturated heterocycles. The van der Waals surface area contributed by atoms with E-state index in [0.717, 1.165) is 4.90 Å². The second-order valence-corrected chi connectivity index (χ2v) is 6.84. The Morgan fingerprint density at radius 1 is 1.19 bits per heavy atom. The van der Waals surface area contributed by atoms with Crippen molar-refractivity contribution in [3.8, 4) is 5.75 Å². The molecule has 0 unspecified atom stereocenters. The zero-order chi connectivity index (χ0) is 19.0. The number of amides is 4. The lowest BCUT2D eigenvalue weighted by Gasteiger charge is -2.27. The van der Waals surface area contributed by atoms with Gasteiger partial charge in [0.2, 0.25) is 0 Å². The van der Waals surface area contributed by atoms with E-state index in [-0.39, 0.29) is 16.3 Å². The lowest BCUT2D eigenvalue weighted by Crippen LogP contribution is -2.54. The minimum absolute atomic E-state index is 0.0572. The molecule has 0 aliphatic carbocycles. The number of benzene rings is 2. The molecule has 0 spiro atoms. The van der Waals surface area contributed by atoms with Crippen LogP contribution in [0.3, 0.4) is 0 Å². The van der Waals surface area contributed by atoms with E-state index < -0.39 is 17.8 Å². The van der Waals surface area contributed by atoms with E-state index in [1.807, 2.05) is 0 Å². The van der Waals surface area contributed by atoms with Gasteiger partial charge in [-0.05, 0) is 58.3 Å². The van der Waals surface area contributed by atoms with Gasteiger partial charge in [-0.3, -0.25) is 14.9 Å². The summed E-state index contributed by atoms with van der Waals surface area (Å²) in [6.45, 7) is 1.76. The molecule has 132 valence electrons. The fourth-order valence-electron chi connectivity index (χ4n) is 2.53. The molecule has 2 aromatic rings. The first-order valence-corrected chi connectivity index (χ1v) is 8.62. The van der Waals surface area contributed by atoms with Crippen molar-refractivity contribution in [3.63, 3.8) is 0 Å². The first kappa shape index (κ1) is 18.2. The predicted molar refractivity (Wildman–Crippen MR) is 101 cm³/mol. The first-order chi connectivity index (χ1) is 12.3. The van der Waals surface area contributed by atoms with Crippen LogP contribution in [-0.2, 0) is 9.59 Å². The standard InChI is InChI=1S/C18H12BrClN2O4/c1-9-4-2-3-5-14(9)22-17(25)11(16(24)21-18(22)26)6-10-7-12(19)15(23)13(20)8-10/h2-8,23H,1H3,(H,21,24,26)/b11-6+. The summed E-state index contributed by atoms with van der Waals surface area (Å²) in [4.78, 5) is 38.1. The molecule has 6 nitrogen and oxygen atoms in total. The topological polar surface area (TPSA) is 86.7 Å². The minimum Gasteiger partial charge on any atom is -0.505 e. The molecule has 2 aromatic carbocycles. The average Bonchev–Trinajstić information content (AvgIpc) is 2.58. The van der Waals surface area contributed by atoms with Crippen molar-refractivity contribution in [1.82, 2.24) is 5.32 Å². The van der Waals surface area contributed by atoms with Crippen molar-refractivity contribution in [3.05, 3.63) is 62.6 Å². The SMILES string of the molecule is Cc1ccccc1N1C(=O)NC(=O)/C(=C\c2cc(Cl)c(O)c(Br)c2)C1=O. The Kier molecular flexibility index (Phi) is 4.84. The molecular weight excluding hydrogens is 424 g/mol. The molecule has 0 atom stereocenters. The van der Waals surface area contributed by atoms with Crippen LogP contribution in [0, 0.1) is 6.92 Å². The molecular formula is C18H12BrClN2O4. The minimum atomic E-state index is -0.809. The van der Waals surface area contributed by atoms with Crippen LogP contribution in [0.4, 0.5) is 10.5 Å². The summed E-state index contributed by atoms with van der Waals surface area (Å²) in [6, 6.07) is 8.95. The number of aromatic hydroxyl groups is 1. The van der Waals surface area contributed by atoms with Crippen molar-refractivity contribution in [2.45, 2.75) is 6.92 Å². The van der Waals surface area contributed by atoms with Crippen molar-refractivity contribution in [2.24, 2.45) is 0 Å². The zero-order valence-corrected chi connectivity index (χ0v) is 15.8. The Labute approximate surface area is 162 Å². The van der Waals surface area contributed by atoms with Gasteiger partial charge in [0.25, 0.3) is 11.8 Å². The summed E-state index contributed by atoms with van der Waals surface area (Å²) in [7, 11) is 0. The number of imide groups is 2. The third-order valence-corrected chi connectivity index (χ3v) is 4.70. The van der Waals surface area contributed by atoms with E-state index in [1.165, 1.54) is 18.2 Å². The van der Waals surface area contributed by atoms with E-state index >= 15 is 0 Å². The molecule has 26 heavy (non-hydrogen) atoms. The number of barbiturate groups is 1. The number of nitrogens with zero attached hydrogens (tertiary/aromatic N) is 1. The number of carbonyl (C=O) groups excluding carboxylic acids is 3. The summed E-state index contributed by atoms with van der Waals surface area (Å²) in [5.74, 6) is -1.69. The van der Waals surface area contributed by atoms with E-state index in [2.05, 4.69) is 21.2 Å². The molecule has 2 N–H and O–H groups in total. The molecule has 3 rings (SSSR count). The van der Waals surface area contributed by atoms with Gasteiger partial charge in [0.1, 0.15) is 11.3 Å². The number of hydrogen-bond donors (Lipinski definition) is 2. The molecule has 1 fully saturated rings. The van der Waals surface area contributed by atoms with Crippen LogP contribution in [0.5, 0.6) is 5.75 Å². The normalized spacial score (nSPS) is 16.2. The number of nitrogens with one attached hydrogen (secondary N) is 1. The van der Waals surface area contributed by atoms with E-state index in [4.69, 9.17) is 11.6 Å². The van der Waals surface area contributed by atoms with Crippen LogP contribution < -0.4 is 10.2 Å². The summed E-state index contributed by atoms with van der Waals surface area (Å²) < 4.78 is 0.312. The van der Waals surface area contributed by atoms with Crippen LogP contribution in [-0.4, -0.2) is 23.0 Å². The number of urea groups is 1. The van der Waals surface area contributed by atoms with Crippen molar-refractivity contribution >= 4 is 57.1 Å². The Hall–Kier alpha value is -2.64. The smallest absolute Gasteiger partial charge is 0.335 e. The molecule has 4 amide bonds. The number of phenolic OH excluding ortho intramolecular Hbond substituents is 1. The molecule has 0 aromatic heterocycles. The van der Waals surface area contributed by atoms with E-state index in [0.29, 0.717) is 21.3 Å². The van der Waals surface area contributed by atoms with Gasteiger partial charge in [-0.25, -0.2) is 9.69 Å². The number of aryl methyl sites for hydroxylation is 1. The fraction of sp³-hybridized carbons (Fsp3) is 0.0556. The number of carbonyl (C=O) groups is 3. The van der Waals surface area contributed by atoms with Gasteiger partial charge in [-0.15, -0.1) is 0 Å². The Morgan fingerprint density at radius 2 is 1.88 bits per heavy atom. The van der Waals surface area contributed by atoms with Crippen molar-refractivity contribution in [2.75, 3.05) is 4.90 Å². The summed E-state index contributed by atoms with van der Waals surface area (Å²) >= 11 is 9.06. The van der Waals surface area contributed by atoms with Crippen LogP contribution in [0.25, 0.3) is 6.08 Å². The number of halogens is 2. The van der Waals surface area contributed by atoms with Gasteiger partial charge in [-0.1, -0.05) is 29.8 Å². The summed E-state index contributed by atoms with van der Waals surface area (Å²) in [6.07, 6.45) is 1.31. The molecule has 0 bridgehead atoms. The third-order valence-electron chi connectivity index (χ3n) is 3.81. The Bertz CT molecular complexity index is 964. The van der Waals surface area contributed by atoms with Gasteiger partial charge < -0.3 is 5.11 Å². The van der Waals surface area contributed by atoms with Gasteiger partial charge in [0.15, 0.2) is 0 Å². The van der Waals surface area contributed by atoms with Crippen LogP contribution in [0.15, 0.2) is 46.4 Å². The summed E-state index contributed by atoms with van der Waals surface area (Å²) in [5.41, 5.74) is 1.29. The summed E-state index contributed by atoms with van der Waals surface area (Å²) in [5, 5.41) is 11.9. The molecule has 1 aliphatic heterocycles. The second kappa shape index (κ2) is 6.93. The number of phenols is 1. The Morgan fingerprint density at radius 3 is 2.54 bits per heavy atom. The predicted octanol–water partition coefficient (Wildman–Crippen LogP) is 3.78. The zero-order valence-electron chi connectivity index (χ0n) is 13.4. The first-order valence-electron chi connectivity index (χ1n) is 7.44. The maximum atomic E-state index is 12.8. The van der Waals surface area contributed by atoms with Gasteiger partial charge in [0, 0.05) is 0 Å². The van der Waals surface area contributed by atoms with Crippen LogP contribution in [0.1, 0.15) is 11.1 Å². The fourth-order valence-corrected chi connectivity index (χ4v) is 3.35. The van der Waals surface area contributed by atoms with E-state index in [1.54, 1.807) is 31.2 Å². The maximum absolute atomic E-state index is 12.8. The second-order valence-electron chi connectivity index (χ2n) is 5.58. The van der Waals surface area contributed by atoms with Gasteiger partial charge >= 0.3 is 6.03 Å². The highest BCUT2D eigenvalue weighted by molar-refractivity contribution is 9.10. The van der Waals surface area contributed by atoms with Crippen LogP contribution in [0.2, 0.25) is 5.02 Å². The lowest BCUT2D eigenvalue weighted by molar-refractivity contribution is -0.122. The number of anilines is 1. The van der Waals surface area contributed by atoms with Crippen LogP contribution >= 0.6 is 27.5 Å². The highest BCUT2D eigenvalue weighted by atomic mass is 79.9. The molecule has 0 radical (unpaired) electrons. The Balaban J connectivity index is 2.07. The van der Waals surface area contributed by atoms with Gasteiger partial charge in [-0.2, -0.15) is 0 Å². The quantitative estimate of drug-likeness (QED) is 0.555. The largest absolute Gasteiger partial charge is 0.505 e. The van der Waals surface area contributed by atoms with E-state index in [9.17, 15) is 19.5 Å². The molecule has 1 heterocycles. The molecule has 0 saturated carbocycles. The molecule has 8 heteroatoms. The highest BCUT2D eigenvalue weighted by Gasteiger charge is 2.37.